The maximum atomic E-state index is 14.8. The lowest BCUT2D eigenvalue weighted by atomic mass is 9.84. The van der Waals surface area contributed by atoms with Gasteiger partial charge in [-0.1, -0.05) is 30.3 Å². The number of carbonyl (C=O) groups is 1. The molecule has 0 bridgehead atoms. The third kappa shape index (κ3) is 4.72. The fourth-order valence-corrected chi connectivity index (χ4v) is 7.23. The molecule has 8 rings (SSSR count). The highest BCUT2D eigenvalue weighted by molar-refractivity contribution is 6.08. The number of amides is 1. The summed E-state index contributed by atoms with van der Waals surface area (Å²) < 4.78 is 29.0. The van der Waals surface area contributed by atoms with E-state index in [-0.39, 0.29) is 24.1 Å². The first-order valence-corrected chi connectivity index (χ1v) is 16.0. The largest absolute Gasteiger partial charge is 0.327 e. The van der Waals surface area contributed by atoms with Crippen LogP contribution in [0.3, 0.4) is 0 Å². The number of nitrogens with zero attached hydrogens (tertiary/aromatic N) is 4. The van der Waals surface area contributed by atoms with E-state index in [1.54, 1.807) is 18.3 Å². The molecule has 3 aliphatic carbocycles. The normalized spacial score (nSPS) is 19.0. The zero-order chi connectivity index (χ0) is 31.4. The third-order valence-electron chi connectivity index (χ3n) is 10.1. The minimum atomic E-state index is -0.669. The number of hydrogen-bond acceptors (Lipinski definition) is 6. The predicted octanol–water partition coefficient (Wildman–Crippen LogP) is 6.33. The van der Waals surface area contributed by atoms with E-state index in [0.717, 1.165) is 77.9 Å². The van der Waals surface area contributed by atoms with Crippen LogP contribution in [-0.2, 0) is 23.2 Å². The van der Waals surface area contributed by atoms with Crippen molar-refractivity contribution in [2.45, 2.75) is 62.9 Å². The molecule has 0 saturated heterocycles. The van der Waals surface area contributed by atoms with Gasteiger partial charge in [0, 0.05) is 35.6 Å². The van der Waals surface area contributed by atoms with Gasteiger partial charge in [-0.2, -0.15) is 5.10 Å². The SMILES string of the molecule is NCC1=NNC(=C2CCC2)c2ccc(C3(C(=O)N(Cc4ccc(-c5c(F)cccc5F)cn4)C4CCc5cccnc54)CC3)cc21. The standard InChI is InChI=1S/C37H34F2N6O/c38-29-7-2-8-30(39)33(29)24-9-12-26(42-20-24)21-45(32-14-10-23-6-3-17-41-35(23)32)36(46)37(15-16-37)25-11-13-27-28(18-25)31(19-40)43-44-34(27)22-4-1-5-22/h2-3,6-9,11-13,17-18,20,32,44H,1,4-5,10,14-16,19,21,40H2. The molecule has 7 nitrogen and oxygen atoms in total. The first kappa shape index (κ1) is 28.7. The molecule has 2 aromatic heterocycles. The maximum absolute atomic E-state index is 14.8. The number of rotatable bonds is 7. The van der Waals surface area contributed by atoms with Crippen molar-refractivity contribution in [3.8, 4) is 11.1 Å². The Morgan fingerprint density at radius 2 is 1.80 bits per heavy atom. The second kappa shape index (κ2) is 11.2. The van der Waals surface area contributed by atoms with Gasteiger partial charge in [0.2, 0.25) is 5.91 Å². The Morgan fingerprint density at radius 1 is 0.978 bits per heavy atom. The number of fused-ring (bicyclic) bond motifs is 2. The molecule has 0 spiro atoms. The number of carbonyl (C=O) groups excluding carboxylic acids is 1. The summed E-state index contributed by atoms with van der Waals surface area (Å²) in [5, 5.41) is 4.61. The number of allylic oxidation sites excluding steroid dienone is 1. The quantitative estimate of drug-likeness (QED) is 0.253. The first-order chi connectivity index (χ1) is 22.5. The molecule has 3 N–H and O–H groups in total. The minimum absolute atomic E-state index is 0.0414. The Labute approximate surface area is 266 Å². The highest BCUT2D eigenvalue weighted by Gasteiger charge is 2.55. The molecule has 2 aromatic carbocycles. The summed E-state index contributed by atoms with van der Waals surface area (Å²) in [5.41, 5.74) is 17.9. The molecule has 1 amide bonds. The van der Waals surface area contributed by atoms with Gasteiger partial charge in [-0.25, -0.2) is 8.78 Å². The van der Waals surface area contributed by atoms with Gasteiger partial charge in [-0.05, 0) is 92.0 Å². The van der Waals surface area contributed by atoms with Crippen molar-refractivity contribution in [1.82, 2.24) is 20.3 Å². The molecule has 2 fully saturated rings. The van der Waals surface area contributed by atoms with Crippen molar-refractivity contribution in [1.29, 1.82) is 0 Å². The van der Waals surface area contributed by atoms with E-state index >= 15 is 0 Å². The van der Waals surface area contributed by atoms with Gasteiger partial charge in [-0.15, -0.1) is 0 Å². The van der Waals surface area contributed by atoms with Crippen LogP contribution in [0.25, 0.3) is 16.8 Å². The number of pyridine rings is 2. The second-order valence-corrected chi connectivity index (χ2v) is 12.7. The van der Waals surface area contributed by atoms with Crippen molar-refractivity contribution < 1.29 is 13.6 Å². The summed E-state index contributed by atoms with van der Waals surface area (Å²) in [7, 11) is 0. The Morgan fingerprint density at radius 3 is 2.50 bits per heavy atom. The van der Waals surface area contributed by atoms with Gasteiger partial charge in [0.15, 0.2) is 0 Å². The molecule has 0 radical (unpaired) electrons. The zero-order valence-electron chi connectivity index (χ0n) is 25.4. The van der Waals surface area contributed by atoms with E-state index in [0.29, 0.717) is 17.8 Å². The van der Waals surface area contributed by atoms with Crippen LogP contribution in [0.5, 0.6) is 0 Å². The summed E-state index contributed by atoms with van der Waals surface area (Å²) in [6, 6.07) is 17.4. The molecule has 9 heteroatoms. The van der Waals surface area contributed by atoms with Crippen LogP contribution in [-0.4, -0.2) is 33.0 Å². The number of benzene rings is 2. The van der Waals surface area contributed by atoms with Gasteiger partial charge in [-0.3, -0.25) is 20.2 Å². The molecule has 1 aliphatic heterocycles. The van der Waals surface area contributed by atoms with Crippen LogP contribution in [0.2, 0.25) is 0 Å². The summed E-state index contributed by atoms with van der Waals surface area (Å²) >= 11 is 0. The van der Waals surface area contributed by atoms with Crippen LogP contribution in [0, 0.1) is 11.6 Å². The number of hydrazone groups is 1. The number of hydrogen-bond donors (Lipinski definition) is 2. The number of aryl methyl sites for hydroxylation is 1. The smallest absolute Gasteiger partial charge is 0.234 e. The van der Waals surface area contributed by atoms with E-state index < -0.39 is 17.0 Å². The fraction of sp³-hybridized carbons (Fsp3) is 0.297. The molecule has 232 valence electrons. The molecule has 46 heavy (non-hydrogen) atoms. The van der Waals surface area contributed by atoms with Gasteiger partial charge in [0.05, 0.1) is 46.4 Å². The molecular formula is C37H34F2N6O. The van der Waals surface area contributed by atoms with Crippen LogP contribution < -0.4 is 11.2 Å². The lowest BCUT2D eigenvalue weighted by molar-refractivity contribution is -0.137. The van der Waals surface area contributed by atoms with Crippen LogP contribution in [0.4, 0.5) is 8.78 Å². The predicted molar refractivity (Wildman–Crippen MR) is 172 cm³/mol. The Bertz CT molecular complexity index is 1900. The molecule has 4 aromatic rings. The zero-order valence-corrected chi connectivity index (χ0v) is 25.4. The van der Waals surface area contributed by atoms with Gasteiger partial charge < -0.3 is 10.6 Å². The Hall–Kier alpha value is -4.76. The molecular weight excluding hydrogens is 582 g/mol. The Kier molecular flexibility index (Phi) is 7.01. The van der Waals surface area contributed by atoms with Gasteiger partial charge in [0.25, 0.3) is 0 Å². The molecule has 4 aliphatic rings. The summed E-state index contributed by atoms with van der Waals surface area (Å²) in [4.78, 5) is 26.1. The topological polar surface area (TPSA) is 96.5 Å². The van der Waals surface area contributed by atoms with E-state index in [4.69, 9.17) is 10.7 Å². The van der Waals surface area contributed by atoms with Crippen molar-refractivity contribution in [3.63, 3.8) is 0 Å². The fourth-order valence-electron chi connectivity index (χ4n) is 7.23. The summed E-state index contributed by atoms with van der Waals surface area (Å²) in [5.74, 6) is -1.25. The second-order valence-electron chi connectivity index (χ2n) is 12.7. The monoisotopic (exact) mass is 616 g/mol. The lowest BCUT2D eigenvalue weighted by Gasteiger charge is -2.33. The highest BCUT2D eigenvalue weighted by atomic mass is 19.1. The molecule has 1 atom stereocenters. The van der Waals surface area contributed by atoms with E-state index in [1.807, 2.05) is 11.0 Å². The lowest BCUT2D eigenvalue weighted by Crippen LogP contribution is -2.41. The first-order valence-electron chi connectivity index (χ1n) is 16.0. The van der Waals surface area contributed by atoms with Crippen molar-refractivity contribution >= 4 is 17.3 Å². The van der Waals surface area contributed by atoms with Crippen LogP contribution in [0.15, 0.2) is 83.7 Å². The van der Waals surface area contributed by atoms with Crippen LogP contribution in [0.1, 0.15) is 78.2 Å². The van der Waals surface area contributed by atoms with Crippen molar-refractivity contribution in [3.05, 3.63) is 124 Å². The Balaban J connectivity index is 1.15. The van der Waals surface area contributed by atoms with Gasteiger partial charge >= 0.3 is 0 Å². The maximum Gasteiger partial charge on any atom is 0.234 e. The van der Waals surface area contributed by atoms with E-state index in [1.165, 1.54) is 36.4 Å². The molecule has 2 saturated carbocycles. The van der Waals surface area contributed by atoms with Crippen LogP contribution >= 0.6 is 0 Å². The number of aromatic nitrogens is 2. The van der Waals surface area contributed by atoms with Gasteiger partial charge in [0.1, 0.15) is 11.6 Å². The number of halogens is 2. The molecule has 1 unspecified atom stereocenters. The minimum Gasteiger partial charge on any atom is -0.327 e. The highest BCUT2D eigenvalue weighted by Crippen LogP contribution is 2.52. The van der Waals surface area contributed by atoms with E-state index in [2.05, 4.69) is 39.8 Å². The summed E-state index contributed by atoms with van der Waals surface area (Å²) in [6.07, 6.45) is 9.66. The third-order valence-corrected chi connectivity index (χ3v) is 10.1. The number of nitrogens with two attached hydrogens (primary N) is 1. The van der Waals surface area contributed by atoms with E-state index in [9.17, 15) is 13.6 Å². The van der Waals surface area contributed by atoms with Crippen molar-refractivity contribution in [2.24, 2.45) is 10.8 Å². The number of nitrogens with one attached hydrogen (secondary N) is 1. The van der Waals surface area contributed by atoms with Crippen molar-refractivity contribution in [2.75, 3.05) is 6.54 Å². The summed E-state index contributed by atoms with van der Waals surface area (Å²) in [6.45, 7) is 0.546. The molecule has 3 heterocycles. The average molecular weight is 617 g/mol. The average Bonchev–Trinajstić information content (AvgIpc) is 3.76.